The molecular weight excluding hydrogens is 478 g/mol. The molecule has 8 heteroatoms. The molecule has 0 N–H and O–H groups in total. The van der Waals surface area contributed by atoms with Gasteiger partial charge in [-0.3, -0.25) is 14.2 Å². The maximum Gasteiger partial charge on any atom is 0.266 e. The summed E-state index contributed by atoms with van der Waals surface area (Å²) in [6, 6.07) is 20.9. The Morgan fingerprint density at radius 2 is 1.72 bits per heavy atom. The van der Waals surface area contributed by atoms with Gasteiger partial charge in [-0.05, 0) is 61.9 Å². The number of benzene rings is 3. The molecular formula is C28H28ClN3O4. The normalized spacial score (nSPS) is 11.8. The van der Waals surface area contributed by atoms with E-state index in [4.69, 9.17) is 26.1 Å². The van der Waals surface area contributed by atoms with Gasteiger partial charge >= 0.3 is 0 Å². The van der Waals surface area contributed by atoms with Crippen LogP contribution in [0.4, 0.5) is 0 Å². The molecule has 36 heavy (non-hydrogen) atoms. The van der Waals surface area contributed by atoms with E-state index in [1.54, 1.807) is 59.0 Å². The quantitative estimate of drug-likeness (QED) is 0.303. The highest BCUT2D eigenvalue weighted by Gasteiger charge is 2.29. The van der Waals surface area contributed by atoms with Crippen LogP contribution in [0.2, 0.25) is 5.02 Å². The molecule has 0 bridgehead atoms. The van der Waals surface area contributed by atoms with Crippen LogP contribution in [0.5, 0.6) is 11.5 Å². The Kier molecular flexibility index (Phi) is 7.90. The molecule has 7 nitrogen and oxygen atoms in total. The van der Waals surface area contributed by atoms with E-state index >= 15 is 0 Å². The van der Waals surface area contributed by atoms with Crippen molar-refractivity contribution in [3.8, 4) is 17.2 Å². The van der Waals surface area contributed by atoms with E-state index in [1.807, 2.05) is 44.2 Å². The fourth-order valence-electron chi connectivity index (χ4n) is 4.29. The average molecular weight is 506 g/mol. The zero-order chi connectivity index (χ0) is 25.7. The molecule has 1 unspecified atom stereocenters. The highest BCUT2D eigenvalue weighted by atomic mass is 35.5. The van der Waals surface area contributed by atoms with E-state index in [2.05, 4.69) is 0 Å². The van der Waals surface area contributed by atoms with Crippen molar-refractivity contribution in [3.05, 3.63) is 94.0 Å². The summed E-state index contributed by atoms with van der Waals surface area (Å²) in [5, 5.41) is 1.08. The standard InChI is InChI=1S/C28H28ClN3O4/c1-4-23(31(5-2)26(33)18-36-20-16-14-19(29)15-17-20)27-30-22-11-7-6-10-21(22)28(34)32(27)24-12-8-9-13-25(24)35-3/h6-17,23H,4-5,18H2,1-3H3. The van der Waals surface area contributed by atoms with Gasteiger partial charge in [-0.25, -0.2) is 4.98 Å². The molecule has 0 spiro atoms. The van der Waals surface area contributed by atoms with Gasteiger partial charge in [0, 0.05) is 11.6 Å². The van der Waals surface area contributed by atoms with Crippen molar-refractivity contribution in [3.63, 3.8) is 0 Å². The lowest BCUT2D eigenvalue weighted by Crippen LogP contribution is -2.40. The molecule has 0 radical (unpaired) electrons. The van der Waals surface area contributed by atoms with Gasteiger partial charge < -0.3 is 14.4 Å². The summed E-state index contributed by atoms with van der Waals surface area (Å²) in [6.45, 7) is 4.12. The summed E-state index contributed by atoms with van der Waals surface area (Å²) >= 11 is 5.94. The number of halogens is 1. The number of hydrogen-bond acceptors (Lipinski definition) is 5. The second-order valence-electron chi connectivity index (χ2n) is 8.15. The van der Waals surface area contributed by atoms with Crippen molar-refractivity contribution >= 4 is 28.4 Å². The van der Waals surface area contributed by atoms with E-state index in [0.29, 0.717) is 51.9 Å². The van der Waals surface area contributed by atoms with Crippen LogP contribution in [0, 0.1) is 0 Å². The van der Waals surface area contributed by atoms with E-state index in [9.17, 15) is 9.59 Å². The Morgan fingerprint density at radius 3 is 2.42 bits per heavy atom. The number of carbonyl (C=O) groups excluding carboxylic acids is 1. The first-order valence-electron chi connectivity index (χ1n) is 11.8. The van der Waals surface area contributed by atoms with Gasteiger partial charge in [0.2, 0.25) is 0 Å². The average Bonchev–Trinajstić information content (AvgIpc) is 2.91. The van der Waals surface area contributed by atoms with Crippen molar-refractivity contribution in [2.24, 2.45) is 0 Å². The summed E-state index contributed by atoms with van der Waals surface area (Å²) in [4.78, 5) is 33.7. The van der Waals surface area contributed by atoms with Crippen molar-refractivity contribution in [2.45, 2.75) is 26.3 Å². The summed E-state index contributed by atoms with van der Waals surface area (Å²) in [7, 11) is 1.56. The Bertz CT molecular complexity index is 1420. The second-order valence-corrected chi connectivity index (χ2v) is 8.58. The molecule has 1 amide bonds. The summed E-state index contributed by atoms with van der Waals surface area (Å²) in [5.41, 5.74) is 0.917. The number of amides is 1. The van der Waals surface area contributed by atoms with Crippen LogP contribution in [-0.4, -0.2) is 40.6 Å². The third-order valence-corrected chi connectivity index (χ3v) is 6.28. The molecule has 0 saturated carbocycles. The van der Waals surface area contributed by atoms with Crippen molar-refractivity contribution < 1.29 is 14.3 Å². The van der Waals surface area contributed by atoms with Gasteiger partial charge in [-0.1, -0.05) is 42.8 Å². The number of carbonyl (C=O) groups is 1. The molecule has 4 rings (SSSR count). The van der Waals surface area contributed by atoms with Gasteiger partial charge in [-0.15, -0.1) is 0 Å². The third-order valence-electron chi connectivity index (χ3n) is 6.03. The Labute approximate surface area is 214 Å². The highest BCUT2D eigenvalue weighted by molar-refractivity contribution is 6.30. The lowest BCUT2D eigenvalue weighted by atomic mass is 10.1. The molecule has 4 aromatic rings. The number of aromatic nitrogens is 2. The monoisotopic (exact) mass is 505 g/mol. The van der Waals surface area contributed by atoms with Crippen molar-refractivity contribution in [1.82, 2.24) is 14.5 Å². The van der Waals surface area contributed by atoms with Crippen molar-refractivity contribution in [2.75, 3.05) is 20.3 Å². The van der Waals surface area contributed by atoms with Gasteiger partial charge in [0.25, 0.3) is 11.5 Å². The highest BCUT2D eigenvalue weighted by Crippen LogP contribution is 2.29. The Hall–Kier alpha value is -3.84. The minimum atomic E-state index is -0.474. The van der Waals surface area contributed by atoms with Crippen molar-refractivity contribution in [1.29, 1.82) is 0 Å². The van der Waals surface area contributed by atoms with Crippen LogP contribution in [-0.2, 0) is 4.79 Å². The summed E-state index contributed by atoms with van der Waals surface area (Å²) < 4.78 is 12.9. The molecule has 1 atom stereocenters. The van der Waals surface area contributed by atoms with Gasteiger partial charge in [0.15, 0.2) is 6.61 Å². The van der Waals surface area contributed by atoms with E-state index in [0.717, 1.165) is 0 Å². The maximum absolute atomic E-state index is 13.8. The molecule has 0 saturated heterocycles. The van der Waals surface area contributed by atoms with Gasteiger partial charge in [0.05, 0.1) is 29.7 Å². The first-order valence-corrected chi connectivity index (χ1v) is 12.2. The number of ether oxygens (including phenoxy) is 2. The Morgan fingerprint density at radius 1 is 1.03 bits per heavy atom. The minimum Gasteiger partial charge on any atom is -0.495 e. The SMILES string of the molecule is CCC(c1nc2ccccc2c(=O)n1-c1ccccc1OC)N(CC)C(=O)COc1ccc(Cl)cc1. The lowest BCUT2D eigenvalue weighted by molar-refractivity contribution is -0.136. The fourth-order valence-corrected chi connectivity index (χ4v) is 4.42. The van der Waals surface area contributed by atoms with E-state index in [-0.39, 0.29) is 18.1 Å². The predicted octanol–water partition coefficient (Wildman–Crippen LogP) is 5.43. The topological polar surface area (TPSA) is 73.7 Å². The third kappa shape index (κ3) is 5.06. The van der Waals surface area contributed by atoms with Crippen LogP contribution in [0.15, 0.2) is 77.6 Å². The smallest absolute Gasteiger partial charge is 0.266 e. The molecule has 0 fully saturated rings. The number of likely N-dealkylation sites (N-methyl/N-ethyl adjacent to an activating group) is 1. The maximum atomic E-state index is 13.8. The van der Waals surface area contributed by atoms with E-state index < -0.39 is 6.04 Å². The number of para-hydroxylation sites is 3. The summed E-state index contributed by atoms with van der Waals surface area (Å²) in [5.74, 6) is 1.33. The molecule has 0 aliphatic rings. The Balaban J connectivity index is 1.79. The zero-order valence-electron chi connectivity index (χ0n) is 20.5. The molecule has 1 heterocycles. The number of rotatable bonds is 9. The molecule has 3 aromatic carbocycles. The largest absolute Gasteiger partial charge is 0.495 e. The zero-order valence-corrected chi connectivity index (χ0v) is 21.2. The summed E-state index contributed by atoms with van der Waals surface area (Å²) in [6.07, 6.45) is 0.542. The second kappa shape index (κ2) is 11.3. The molecule has 0 aliphatic carbocycles. The number of nitrogens with zero attached hydrogens (tertiary/aromatic N) is 3. The van der Waals surface area contributed by atoms with Gasteiger partial charge in [0.1, 0.15) is 17.3 Å². The molecule has 0 aliphatic heterocycles. The fraction of sp³-hybridized carbons (Fsp3) is 0.250. The van der Waals surface area contributed by atoms with E-state index in [1.165, 1.54) is 0 Å². The lowest BCUT2D eigenvalue weighted by Gasteiger charge is -2.31. The molecule has 1 aromatic heterocycles. The van der Waals surface area contributed by atoms with Gasteiger partial charge in [-0.2, -0.15) is 0 Å². The van der Waals surface area contributed by atoms with Crippen LogP contribution < -0.4 is 15.0 Å². The van der Waals surface area contributed by atoms with Crippen LogP contribution in [0.3, 0.4) is 0 Å². The number of hydrogen-bond donors (Lipinski definition) is 0. The minimum absolute atomic E-state index is 0.154. The number of methoxy groups -OCH3 is 1. The number of fused-ring (bicyclic) bond motifs is 1. The first-order chi connectivity index (χ1) is 17.5. The predicted molar refractivity (Wildman–Crippen MR) is 141 cm³/mol. The van der Waals surface area contributed by atoms with Crippen LogP contribution in [0.1, 0.15) is 32.1 Å². The van der Waals surface area contributed by atoms with Crippen LogP contribution in [0.25, 0.3) is 16.6 Å². The molecule has 186 valence electrons. The first kappa shape index (κ1) is 25.3. The van der Waals surface area contributed by atoms with Crippen LogP contribution >= 0.6 is 11.6 Å².